The molecule has 0 spiro atoms. The summed E-state index contributed by atoms with van der Waals surface area (Å²) in [5.41, 5.74) is 1.96. The van der Waals surface area contributed by atoms with Crippen molar-refractivity contribution in [1.29, 1.82) is 0 Å². The van der Waals surface area contributed by atoms with E-state index in [2.05, 4.69) is 14.9 Å². The molecule has 4 rings (SSSR count). The van der Waals surface area contributed by atoms with E-state index in [-0.39, 0.29) is 6.03 Å². The first-order chi connectivity index (χ1) is 11.6. The summed E-state index contributed by atoms with van der Waals surface area (Å²) in [6.07, 6.45) is 4.63. The Bertz CT molecular complexity index is 760. The number of hydrogen-bond donors (Lipinski definition) is 1. The summed E-state index contributed by atoms with van der Waals surface area (Å²) in [5.74, 6) is 2.44. The molecule has 2 amide bonds. The molecule has 2 fully saturated rings. The number of aryl methyl sites for hydroxylation is 1. The standard InChI is InChI=1S/C18H23ClN4O/c1-22-16-6-5-14(19)9-15(16)21-17(22)7-8-20-18(24)23-10-12-3-2-4-13(12)11-23/h5-6,9,12-13H,2-4,7-8,10-11H2,1H3,(H,20,24). The molecule has 1 aliphatic carbocycles. The van der Waals surface area contributed by atoms with E-state index in [4.69, 9.17) is 11.6 Å². The quantitative estimate of drug-likeness (QED) is 0.927. The van der Waals surface area contributed by atoms with Gasteiger partial charge in [-0.15, -0.1) is 0 Å². The molecule has 6 heteroatoms. The lowest BCUT2D eigenvalue weighted by Gasteiger charge is -2.18. The molecular weight excluding hydrogens is 324 g/mol. The SMILES string of the molecule is Cn1c(CCNC(=O)N2CC3CCCC3C2)nc2cc(Cl)ccc21. The van der Waals surface area contributed by atoms with Crippen LogP contribution in [-0.4, -0.2) is 40.1 Å². The molecule has 1 N–H and O–H groups in total. The van der Waals surface area contributed by atoms with E-state index in [1.807, 2.05) is 30.1 Å². The molecule has 1 aromatic carbocycles. The lowest BCUT2D eigenvalue weighted by molar-refractivity contribution is 0.205. The Labute approximate surface area is 147 Å². The maximum atomic E-state index is 12.3. The van der Waals surface area contributed by atoms with Crippen LogP contribution in [0.25, 0.3) is 11.0 Å². The zero-order chi connectivity index (χ0) is 16.7. The van der Waals surface area contributed by atoms with Gasteiger partial charge >= 0.3 is 6.03 Å². The van der Waals surface area contributed by atoms with Gasteiger partial charge in [0.25, 0.3) is 0 Å². The number of aromatic nitrogens is 2. The van der Waals surface area contributed by atoms with Crippen LogP contribution in [0.5, 0.6) is 0 Å². The average Bonchev–Trinajstić information content (AvgIpc) is 3.21. The number of fused-ring (bicyclic) bond motifs is 2. The highest BCUT2D eigenvalue weighted by Crippen LogP contribution is 2.37. The van der Waals surface area contributed by atoms with Crippen molar-refractivity contribution in [2.45, 2.75) is 25.7 Å². The van der Waals surface area contributed by atoms with E-state index in [9.17, 15) is 4.79 Å². The Kier molecular flexibility index (Phi) is 4.12. The molecule has 1 aliphatic heterocycles. The van der Waals surface area contributed by atoms with E-state index in [0.29, 0.717) is 11.6 Å². The highest BCUT2D eigenvalue weighted by molar-refractivity contribution is 6.31. The van der Waals surface area contributed by atoms with Gasteiger partial charge in [0.1, 0.15) is 5.82 Å². The molecule has 128 valence electrons. The van der Waals surface area contributed by atoms with Crippen molar-refractivity contribution in [3.05, 3.63) is 29.0 Å². The van der Waals surface area contributed by atoms with Gasteiger partial charge in [-0.3, -0.25) is 0 Å². The van der Waals surface area contributed by atoms with Gasteiger partial charge in [0.05, 0.1) is 11.0 Å². The predicted molar refractivity (Wildman–Crippen MR) is 95.2 cm³/mol. The molecular formula is C18H23ClN4O. The Morgan fingerprint density at radius 2 is 2.08 bits per heavy atom. The Hall–Kier alpha value is -1.75. The van der Waals surface area contributed by atoms with Crippen LogP contribution in [-0.2, 0) is 13.5 Å². The summed E-state index contributed by atoms with van der Waals surface area (Å²) in [6.45, 7) is 2.47. The number of nitrogens with one attached hydrogen (secondary N) is 1. The second kappa shape index (κ2) is 6.28. The van der Waals surface area contributed by atoms with Gasteiger partial charge < -0.3 is 14.8 Å². The van der Waals surface area contributed by atoms with Gasteiger partial charge in [-0.05, 0) is 42.9 Å². The van der Waals surface area contributed by atoms with Crippen LogP contribution in [0.2, 0.25) is 5.02 Å². The Morgan fingerprint density at radius 3 is 2.83 bits per heavy atom. The first kappa shape index (κ1) is 15.8. The number of carbonyl (C=O) groups is 1. The fourth-order valence-corrected chi connectivity index (χ4v) is 4.41. The molecule has 1 saturated carbocycles. The minimum absolute atomic E-state index is 0.0752. The van der Waals surface area contributed by atoms with E-state index >= 15 is 0 Å². The number of likely N-dealkylation sites (tertiary alicyclic amines) is 1. The number of halogens is 1. The zero-order valence-corrected chi connectivity index (χ0v) is 14.7. The van der Waals surface area contributed by atoms with Crippen molar-refractivity contribution in [3.63, 3.8) is 0 Å². The van der Waals surface area contributed by atoms with Crippen molar-refractivity contribution in [1.82, 2.24) is 19.8 Å². The van der Waals surface area contributed by atoms with E-state index in [1.165, 1.54) is 19.3 Å². The van der Waals surface area contributed by atoms with Crippen molar-refractivity contribution in [3.8, 4) is 0 Å². The monoisotopic (exact) mass is 346 g/mol. The topological polar surface area (TPSA) is 50.2 Å². The third-order valence-corrected chi connectivity index (χ3v) is 5.81. The van der Waals surface area contributed by atoms with Crippen LogP contribution >= 0.6 is 11.6 Å². The number of carbonyl (C=O) groups excluding carboxylic acids is 1. The van der Waals surface area contributed by atoms with E-state index in [1.54, 1.807) is 0 Å². The fraction of sp³-hybridized carbons (Fsp3) is 0.556. The summed E-state index contributed by atoms with van der Waals surface area (Å²) in [6, 6.07) is 5.81. The van der Waals surface area contributed by atoms with E-state index < -0.39 is 0 Å². The van der Waals surface area contributed by atoms with Crippen LogP contribution in [0.3, 0.4) is 0 Å². The first-order valence-electron chi connectivity index (χ1n) is 8.75. The zero-order valence-electron chi connectivity index (χ0n) is 14.0. The number of amides is 2. The highest BCUT2D eigenvalue weighted by Gasteiger charge is 2.37. The number of rotatable bonds is 3. The van der Waals surface area contributed by atoms with Gasteiger partial charge in [0.2, 0.25) is 0 Å². The van der Waals surface area contributed by atoms with Gasteiger partial charge in [-0.25, -0.2) is 9.78 Å². The van der Waals surface area contributed by atoms with Crippen molar-refractivity contribution >= 4 is 28.7 Å². The number of hydrogen-bond acceptors (Lipinski definition) is 2. The summed E-state index contributed by atoms with van der Waals surface area (Å²) in [5, 5.41) is 3.75. The normalized spacial score (nSPS) is 23.0. The molecule has 0 radical (unpaired) electrons. The minimum atomic E-state index is 0.0752. The van der Waals surface area contributed by atoms with Crippen LogP contribution in [0.1, 0.15) is 25.1 Å². The Morgan fingerprint density at radius 1 is 1.33 bits per heavy atom. The molecule has 2 unspecified atom stereocenters. The van der Waals surface area contributed by atoms with Crippen molar-refractivity contribution < 1.29 is 4.79 Å². The first-order valence-corrected chi connectivity index (χ1v) is 9.13. The smallest absolute Gasteiger partial charge is 0.317 e. The minimum Gasteiger partial charge on any atom is -0.338 e. The summed E-state index contributed by atoms with van der Waals surface area (Å²) in [4.78, 5) is 19.0. The van der Waals surface area contributed by atoms with Crippen LogP contribution in [0.15, 0.2) is 18.2 Å². The maximum absolute atomic E-state index is 12.3. The van der Waals surface area contributed by atoms with E-state index in [0.717, 1.165) is 48.2 Å². The van der Waals surface area contributed by atoms with Crippen LogP contribution in [0, 0.1) is 11.8 Å². The average molecular weight is 347 g/mol. The second-order valence-corrected chi connectivity index (χ2v) is 7.49. The molecule has 24 heavy (non-hydrogen) atoms. The Balaban J connectivity index is 1.34. The largest absolute Gasteiger partial charge is 0.338 e. The van der Waals surface area contributed by atoms with Gasteiger partial charge in [0.15, 0.2) is 0 Å². The molecule has 5 nitrogen and oxygen atoms in total. The summed E-state index contributed by atoms with van der Waals surface area (Å²) >= 11 is 6.03. The maximum Gasteiger partial charge on any atom is 0.317 e. The van der Waals surface area contributed by atoms with Crippen LogP contribution < -0.4 is 5.32 Å². The molecule has 2 aliphatic rings. The van der Waals surface area contributed by atoms with Gasteiger partial charge in [0, 0.05) is 38.1 Å². The highest BCUT2D eigenvalue weighted by atomic mass is 35.5. The molecule has 2 aromatic rings. The number of imidazole rings is 1. The third-order valence-electron chi connectivity index (χ3n) is 5.57. The number of benzene rings is 1. The number of nitrogens with zero attached hydrogens (tertiary/aromatic N) is 3. The molecule has 1 aromatic heterocycles. The predicted octanol–water partition coefficient (Wildman–Crippen LogP) is 3.21. The van der Waals surface area contributed by atoms with Crippen molar-refractivity contribution in [2.24, 2.45) is 18.9 Å². The molecule has 2 heterocycles. The lowest BCUT2D eigenvalue weighted by atomic mass is 10.0. The fourth-order valence-electron chi connectivity index (χ4n) is 4.24. The molecule has 1 saturated heterocycles. The molecule has 2 atom stereocenters. The molecule has 0 bridgehead atoms. The van der Waals surface area contributed by atoms with Gasteiger partial charge in [-0.2, -0.15) is 0 Å². The third kappa shape index (κ3) is 2.86. The lowest BCUT2D eigenvalue weighted by Crippen LogP contribution is -2.40. The second-order valence-electron chi connectivity index (χ2n) is 7.06. The summed E-state index contributed by atoms with van der Waals surface area (Å²) < 4.78 is 2.07. The van der Waals surface area contributed by atoms with Gasteiger partial charge in [-0.1, -0.05) is 18.0 Å². The summed E-state index contributed by atoms with van der Waals surface area (Å²) in [7, 11) is 2.00. The van der Waals surface area contributed by atoms with Crippen LogP contribution in [0.4, 0.5) is 4.79 Å². The number of urea groups is 1. The van der Waals surface area contributed by atoms with Crippen molar-refractivity contribution in [2.75, 3.05) is 19.6 Å².